The maximum Gasteiger partial charge on any atom is 0.309 e. The summed E-state index contributed by atoms with van der Waals surface area (Å²) in [6.45, 7) is 2.14. The molecule has 4 unspecified atom stereocenters. The third-order valence-corrected chi connectivity index (χ3v) is 6.50. The van der Waals surface area contributed by atoms with E-state index in [1.54, 1.807) is 0 Å². The fourth-order valence-electron chi connectivity index (χ4n) is 5.40. The molecule has 4 rings (SSSR count). The van der Waals surface area contributed by atoms with Crippen molar-refractivity contribution in [2.75, 3.05) is 0 Å². The van der Waals surface area contributed by atoms with Gasteiger partial charge in [-0.25, -0.2) is 0 Å². The Morgan fingerprint density at radius 1 is 1.00 bits per heavy atom. The molecule has 3 fully saturated rings. The van der Waals surface area contributed by atoms with Crippen LogP contribution in [0.5, 0.6) is 0 Å². The van der Waals surface area contributed by atoms with Gasteiger partial charge in [0.1, 0.15) is 5.60 Å². The SMILES string of the molecule is CC1(OC(=O)C2CC3C4C=CC(C4)C3C2)CCCCC1. The van der Waals surface area contributed by atoms with E-state index in [4.69, 9.17) is 4.74 Å². The molecule has 0 radical (unpaired) electrons. The van der Waals surface area contributed by atoms with Crippen LogP contribution in [0.15, 0.2) is 12.2 Å². The number of ether oxygens (including phenoxy) is 1. The van der Waals surface area contributed by atoms with Crippen LogP contribution < -0.4 is 0 Å². The maximum atomic E-state index is 12.5. The summed E-state index contributed by atoms with van der Waals surface area (Å²) in [7, 11) is 0. The standard InChI is InChI=1S/C18H26O2/c1-18(7-3-2-4-8-18)20-17(19)14-10-15-12-5-6-13(9-12)16(15)11-14/h5-6,12-16H,2-4,7-11H2,1H3. The number of fused-ring (bicyclic) bond motifs is 5. The van der Waals surface area contributed by atoms with E-state index in [1.807, 2.05) is 0 Å². The minimum Gasteiger partial charge on any atom is -0.459 e. The minimum absolute atomic E-state index is 0.114. The van der Waals surface area contributed by atoms with Crippen LogP contribution in [0.2, 0.25) is 0 Å². The molecule has 2 heteroatoms. The Kier molecular flexibility index (Phi) is 2.98. The van der Waals surface area contributed by atoms with Crippen molar-refractivity contribution in [2.45, 2.75) is 63.9 Å². The van der Waals surface area contributed by atoms with E-state index < -0.39 is 0 Å². The van der Waals surface area contributed by atoms with Gasteiger partial charge in [-0.2, -0.15) is 0 Å². The molecule has 0 heterocycles. The zero-order valence-corrected chi connectivity index (χ0v) is 12.5. The molecule has 0 amide bonds. The van der Waals surface area contributed by atoms with Crippen molar-refractivity contribution in [1.29, 1.82) is 0 Å². The van der Waals surface area contributed by atoms with Crippen molar-refractivity contribution in [3.63, 3.8) is 0 Å². The van der Waals surface area contributed by atoms with Gasteiger partial charge < -0.3 is 4.74 Å². The number of hydrogen-bond donors (Lipinski definition) is 0. The highest BCUT2D eigenvalue weighted by Gasteiger charge is 2.51. The summed E-state index contributed by atoms with van der Waals surface area (Å²) in [5, 5.41) is 0. The topological polar surface area (TPSA) is 26.3 Å². The summed E-state index contributed by atoms with van der Waals surface area (Å²) in [4.78, 5) is 12.5. The number of carbonyl (C=O) groups is 1. The first kappa shape index (κ1) is 12.9. The predicted molar refractivity (Wildman–Crippen MR) is 78.0 cm³/mol. The average molecular weight is 274 g/mol. The molecular formula is C18H26O2. The van der Waals surface area contributed by atoms with Crippen LogP contribution in [0.1, 0.15) is 58.3 Å². The molecule has 0 saturated heterocycles. The van der Waals surface area contributed by atoms with E-state index in [1.165, 1.54) is 25.7 Å². The molecule has 0 aliphatic heterocycles. The first-order valence-electron chi connectivity index (χ1n) is 8.56. The maximum absolute atomic E-state index is 12.5. The molecule has 3 saturated carbocycles. The van der Waals surface area contributed by atoms with Crippen molar-refractivity contribution in [3.05, 3.63) is 12.2 Å². The molecule has 4 atom stereocenters. The summed E-state index contributed by atoms with van der Waals surface area (Å²) < 4.78 is 5.96. The third-order valence-electron chi connectivity index (χ3n) is 6.50. The van der Waals surface area contributed by atoms with E-state index in [2.05, 4.69) is 19.1 Å². The summed E-state index contributed by atoms with van der Waals surface area (Å²) in [6.07, 6.45) is 14.2. The smallest absolute Gasteiger partial charge is 0.309 e. The van der Waals surface area contributed by atoms with Crippen LogP contribution in [0.4, 0.5) is 0 Å². The zero-order chi connectivity index (χ0) is 13.7. The molecule has 0 aromatic rings. The van der Waals surface area contributed by atoms with Gasteiger partial charge in [0, 0.05) is 0 Å². The first-order valence-corrected chi connectivity index (χ1v) is 8.56. The summed E-state index contributed by atoms with van der Waals surface area (Å²) in [5.74, 6) is 3.40. The normalized spacial score (nSPS) is 44.5. The van der Waals surface area contributed by atoms with Crippen LogP contribution in [0.25, 0.3) is 0 Å². The minimum atomic E-state index is -0.162. The van der Waals surface area contributed by atoms with E-state index >= 15 is 0 Å². The Balaban J connectivity index is 1.39. The van der Waals surface area contributed by atoms with Gasteiger partial charge in [-0.15, -0.1) is 0 Å². The van der Waals surface area contributed by atoms with Crippen LogP contribution in [-0.2, 0) is 9.53 Å². The van der Waals surface area contributed by atoms with Crippen LogP contribution in [0, 0.1) is 29.6 Å². The van der Waals surface area contributed by atoms with Gasteiger partial charge in [-0.3, -0.25) is 4.79 Å². The predicted octanol–water partition coefficient (Wildman–Crippen LogP) is 4.10. The monoisotopic (exact) mass is 274 g/mol. The lowest BCUT2D eigenvalue weighted by Crippen LogP contribution is -2.36. The third kappa shape index (κ3) is 2.03. The van der Waals surface area contributed by atoms with Crippen molar-refractivity contribution < 1.29 is 9.53 Å². The van der Waals surface area contributed by atoms with Gasteiger partial charge in [-0.05, 0) is 75.5 Å². The summed E-state index contributed by atoms with van der Waals surface area (Å²) >= 11 is 0. The van der Waals surface area contributed by atoms with Crippen molar-refractivity contribution >= 4 is 5.97 Å². The lowest BCUT2D eigenvalue weighted by atomic mass is 9.86. The summed E-state index contributed by atoms with van der Waals surface area (Å²) in [6, 6.07) is 0. The Morgan fingerprint density at radius 3 is 2.20 bits per heavy atom. The number of allylic oxidation sites excluding steroid dienone is 2. The fourth-order valence-corrected chi connectivity index (χ4v) is 5.40. The Labute approximate surface area is 122 Å². The molecule has 110 valence electrons. The highest BCUT2D eigenvalue weighted by molar-refractivity contribution is 5.73. The van der Waals surface area contributed by atoms with Gasteiger partial charge >= 0.3 is 5.97 Å². The van der Waals surface area contributed by atoms with Gasteiger partial charge in [0.2, 0.25) is 0 Å². The van der Waals surface area contributed by atoms with Crippen LogP contribution >= 0.6 is 0 Å². The average Bonchev–Trinajstić information content (AvgIpc) is 3.11. The molecule has 2 bridgehead atoms. The highest BCUT2D eigenvalue weighted by Crippen LogP contribution is 2.57. The molecule has 0 aromatic carbocycles. The number of hydrogen-bond acceptors (Lipinski definition) is 2. The van der Waals surface area contributed by atoms with E-state index in [9.17, 15) is 4.79 Å². The van der Waals surface area contributed by atoms with E-state index in [0.717, 1.165) is 49.4 Å². The van der Waals surface area contributed by atoms with Gasteiger partial charge in [-0.1, -0.05) is 18.6 Å². The fraction of sp³-hybridized carbons (Fsp3) is 0.833. The second-order valence-electron chi connectivity index (χ2n) is 7.88. The number of esters is 1. The van der Waals surface area contributed by atoms with Gasteiger partial charge in [0.15, 0.2) is 0 Å². The van der Waals surface area contributed by atoms with Crippen molar-refractivity contribution in [3.8, 4) is 0 Å². The Hall–Kier alpha value is -0.790. The Morgan fingerprint density at radius 2 is 1.60 bits per heavy atom. The molecule has 4 aliphatic carbocycles. The molecule has 0 N–H and O–H groups in total. The van der Waals surface area contributed by atoms with Crippen molar-refractivity contribution in [2.24, 2.45) is 29.6 Å². The lowest BCUT2D eigenvalue weighted by molar-refractivity contribution is -0.166. The Bertz CT molecular complexity index is 413. The molecule has 2 nitrogen and oxygen atoms in total. The molecule has 20 heavy (non-hydrogen) atoms. The number of rotatable bonds is 2. The van der Waals surface area contributed by atoms with Gasteiger partial charge in [0.25, 0.3) is 0 Å². The molecule has 0 spiro atoms. The molecule has 4 aliphatic rings. The van der Waals surface area contributed by atoms with Gasteiger partial charge in [0.05, 0.1) is 5.92 Å². The molecule has 0 aromatic heterocycles. The van der Waals surface area contributed by atoms with Crippen molar-refractivity contribution in [1.82, 2.24) is 0 Å². The van der Waals surface area contributed by atoms with Crippen LogP contribution in [0.3, 0.4) is 0 Å². The van der Waals surface area contributed by atoms with E-state index in [-0.39, 0.29) is 17.5 Å². The zero-order valence-electron chi connectivity index (χ0n) is 12.5. The number of carbonyl (C=O) groups excluding carboxylic acids is 1. The summed E-state index contributed by atoms with van der Waals surface area (Å²) in [5.41, 5.74) is -0.162. The highest BCUT2D eigenvalue weighted by atomic mass is 16.6. The molecular weight excluding hydrogens is 248 g/mol. The van der Waals surface area contributed by atoms with Crippen LogP contribution in [-0.4, -0.2) is 11.6 Å². The largest absolute Gasteiger partial charge is 0.459 e. The van der Waals surface area contributed by atoms with E-state index in [0.29, 0.717) is 0 Å². The quantitative estimate of drug-likeness (QED) is 0.560. The first-order chi connectivity index (χ1) is 9.65. The lowest BCUT2D eigenvalue weighted by Gasteiger charge is -2.34. The second-order valence-corrected chi connectivity index (χ2v) is 7.88. The second kappa shape index (κ2) is 4.61.